The summed E-state index contributed by atoms with van der Waals surface area (Å²) in [4.78, 5) is 31.7. The first-order valence-corrected chi connectivity index (χ1v) is 11.0. The number of aromatic nitrogens is 2. The second-order valence-corrected chi connectivity index (χ2v) is 8.64. The molecule has 0 amide bonds. The van der Waals surface area contributed by atoms with Crippen LogP contribution in [-0.2, 0) is 20.8 Å². The van der Waals surface area contributed by atoms with E-state index >= 15 is 0 Å². The van der Waals surface area contributed by atoms with Crippen LogP contribution in [0, 0.1) is 5.92 Å². The molecule has 0 saturated carbocycles. The minimum absolute atomic E-state index is 0.0879. The summed E-state index contributed by atoms with van der Waals surface area (Å²) < 4.78 is 12.2. The molecule has 8 heteroatoms. The maximum atomic E-state index is 13.0. The third-order valence-corrected chi connectivity index (χ3v) is 5.95. The van der Waals surface area contributed by atoms with E-state index in [0.717, 1.165) is 26.2 Å². The largest absolute Gasteiger partial charge is 0.469 e. The van der Waals surface area contributed by atoms with Gasteiger partial charge in [-0.15, -0.1) is 0 Å². The number of benzene rings is 1. The summed E-state index contributed by atoms with van der Waals surface area (Å²) in [6.45, 7) is 8.30. The maximum absolute atomic E-state index is 13.0. The number of hydrogen-bond acceptors (Lipinski definition) is 7. The number of carbonyl (C=O) groups excluding carboxylic acids is 1. The second-order valence-electron chi connectivity index (χ2n) is 7.65. The molecular weight excluding hydrogens is 390 g/mol. The number of ether oxygens (including phenoxy) is 2. The number of fused-ring (bicyclic) bond motifs is 1. The van der Waals surface area contributed by atoms with E-state index in [1.165, 1.54) is 18.9 Å². The number of thioether (sulfide) groups is 1. The third kappa shape index (κ3) is 5.81. The van der Waals surface area contributed by atoms with Crippen molar-refractivity contribution in [2.45, 2.75) is 38.1 Å². The predicted molar refractivity (Wildman–Crippen MR) is 114 cm³/mol. The van der Waals surface area contributed by atoms with Crippen molar-refractivity contribution in [2.75, 3.05) is 39.1 Å². The minimum Gasteiger partial charge on any atom is -0.469 e. The molecular formula is C21H29N3O4S. The lowest BCUT2D eigenvalue weighted by atomic mass is 10.2. The highest BCUT2D eigenvalue weighted by molar-refractivity contribution is 7.99. The Morgan fingerprint density at radius 2 is 2.17 bits per heavy atom. The molecule has 1 aromatic carbocycles. The van der Waals surface area contributed by atoms with Crippen LogP contribution in [-0.4, -0.2) is 65.6 Å². The molecule has 158 valence electrons. The van der Waals surface area contributed by atoms with Crippen molar-refractivity contribution < 1.29 is 14.3 Å². The smallest absolute Gasteiger partial charge is 0.307 e. The maximum Gasteiger partial charge on any atom is 0.307 e. The first kappa shape index (κ1) is 21.8. The van der Waals surface area contributed by atoms with Gasteiger partial charge in [-0.1, -0.05) is 37.7 Å². The Kier molecular flexibility index (Phi) is 7.69. The quantitative estimate of drug-likeness (QED) is 0.370. The third-order valence-electron chi connectivity index (χ3n) is 4.84. The summed E-state index contributed by atoms with van der Waals surface area (Å²) in [5.74, 6) is 0.977. The zero-order chi connectivity index (χ0) is 20.8. The lowest BCUT2D eigenvalue weighted by molar-refractivity contribution is -0.140. The summed E-state index contributed by atoms with van der Waals surface area (Å²) in [5.41, 5.74) is 0.535. The van der Waals surface area contributed by atoms with Crippen LogP contribution in [0.15, 0.2) is 34.2 Å². The second kappa shape index (κ2) is 10.2. The molecule has 1 atom stereocenters. The number of morpholine rings is 1. The molecule has 2 aromatic rings. The molecule has 1 saturated heterocycles. The van der Waals surface area contributed by atoms with Crippen LogP contribution < -0.4 is 5.56 Å². The number of esters is 1. The zero-order valence-electron chi connectivity index (χ0n) is 17.3. The molecule has 29 heavy (non-hydrogen) atoms. The van der Waals surface area contributed by atoms with E-state index in [1.807, 2.05) is 18.2 Å². The van der Waals surface area contributed by atoms with Gasteiger partial charge in [-0.2, -0.15) is 0 Å². The van der Waals surface area contributed by atoms with E-state index < -0.39 is 0 Å². The zero-order valence-corrected chi connectivity index (χ0v) is 18.1. The van der Waals surface area contributed by atoms with Crippen LogP contribution in [0.3, 0.4) is 0 Å². The van der Waals surface area contributed by atoms with Crippen molar-refractivity contribution in [2.24, 2.45) is 5.92 Å². The molecule has 7 nitrogen and oxygen atoms in total. The molecule has 1 fully saturated rings. The molecule has 0 N–H and O–H groups in total. The fourth-order valence-electron chi connectivity index (χ4n) is 3.49. The van der Waals surface area contributed by atoms with Crippen molar-refractivity contribution in [3.8, 4) is 0 Å². The molecule has 0 bridgehead atoms. The highest BCUT2D eigenvalue weighted by Gasteiger charge is 2.22. The van der Waals surface area contributed by atoms with Gasteiger partial charge in [0.05, 0.1) is 37.1 Å². The molecule has 0 aliphatic carbocycles. The fraction of sp³-hybridized carbons (Fsp3) is 0.571. The van der Waals surface area contributed by atoms with E-state index in [-0.39, 0.29) is 30.6 Å². The van der Waals surface area contributed by atoms with Crippen molar-refractivity contribution >= 4 is 28.6 Å². The summed E-state index contributed by atoms with van der Waals surface area (Å²) in [5, 5.41) is 1.17. The van der Waals surface area contributed by atoms with Gasteiger partial charge in [0.15, 0.2) is 5.16 Å². The predicted octanol–water partition coefficient (Wildman–Crippen LogP) is 2.41. The summed E-state index contributed by atoms with van der Waals surface area (Å²) >= 11 is 1.51. The van der Waals surface area contributed by atoms with E-state index in [0.29, 0.717) is 27.7 Å². The lowest BCUT2D eigenvalue weighted by Crippen LogP contribution is -2.44. The van der Waals surface area contributed by atoms with Crippen LogP contribution in [0.25, 0.3) is 10.9 Å². The summed E-state index contributed by atoms with van der Waals surface area (Å²) in [6.07, 6.45) is 0.219. The van der Waals surface area contributed by atoms with E-state index in [4.69, 9.17) is 14.5 Å². The van der Waals surface area contributed by atoms with Crippen LogP contribution in [0.1, 0.15) is 20.3 Å². The summed E-state index contributed by atoms with van der Waals surface area (Å²) in [6, 6.07) is 7.30. The lowest BCUT2D eigenvalue weighted by Gasteiger charge is -2.33. The number of hydrogen-bond donors (Lipinski definition) is 0. The van der Waals surface area contributed by atoms with Gasteiger partial charge in [0.2, 0.25) is 0 Å². The Morgan fingerprint density at radius 3 is 2.93 bits per heavy atom. The average Bonchev–Trinajstić information content (AvgIpc) is 2.71. The molecule has 0 spiro atoms. The molecule has 1 aromatic heterocycles. The normalized spacial score (nSPS) is 17.7. The SMILES string of the molecule is COC(=O)CCn1c(SC[C@H]2CN(CC(C)C)CCO2)nc2ccccc2c1=O. The van der Waals surface area contributed by atoms with Gasteiger partial charge >= 0.3 is 5.97 Å². The molecule has 0 unspecified atom stereocenters. The number of para-hydroxylation sites is 1. The van der Waals surface area contributed by atoms with Crippen LogP contribution in [0.5, 0.6) is 0 Å². The van der Waals surface area contributed by atoms with Crippen LogP contribution in [0.2, 0.25) is 0 Å². The van der Waals surface area contributed by atoms with E-state index in [9.17, 15) is 9.59 Å². The van der Waals surface area contributed by atoms with Gasteiger partial charge in [0.25, 0.3) is 5.56 Å². The Labute approximate surface area is 175 Å². The molecule has 1 aliphatic rings. The standard InChI is InChI=1S/C21H29N3O4S/c1-15(2)12-23-10-11-28-16(13-23)14-29-21-22-18-7-5-4-6-17(18)20(26)24(21)9-8-19(25)27-3/h4-7,15-16H,8-14H2,1-3H3/t16-/m1/s1. The average molecular weight is 420 g/mol. The van der Waals surface area contributed by atoms with Gasteiger partial charge in [-0.3, -0.25) is 19.1 Å². The van der Waals surface area contributed by atoms with Gasteiger partial charge in [0, 0.05) is 31.9 Å². The molecule has 0 radical (unpaired) electrons. The van der Waals surface area contributed by atoms with Crippen molar-refractivity contribution in [3.05, 3.63) is 34.6 Å². The van der Waals surface area contributed by atoms with E-state index in [2.05, 4.69) is 18.7 Å². The van der Waals surface area contributed by atoms with Crippen LogP contribution >= 0.6 is 11.8 Å². The number of carbonyl (C=O) groups is 1. The highest BCUT2D eigenvalue weighted by atomic mass is 32.2. The van der Waals surface area contributed by atoms with Crippen molar-refractivity contribution in [1.29, 1.82) is 0 Å². The topological polar surface area (TPSA) is 73.7 Å². The Morgan fingerprint density at radius 1 is 1.38 bits per heavy atom. The number of nitrogens with zero attached hydrogens (tertiary/aromatic N) is 3. The van der Waals surface area contributed by atoms with Crippen molar-refractivity contribution in [3.63, 3.8) is 0 Å². The Hall–Kier alpha value is -1.90. The summed E-state index contributed by atoms with van der Waals surface area (Å²) in [7, 11) is 1.35. The van der Waals surface area contributed by atoms with Gasteiger partial charge in [-0.25, -0.2) is 4.98 Å². The Bertz CT molecular complexity index is 899. The van der Waals surface area contributed by atoms with Crippen LogP contribution in [0.4, 0.5) is 0 Å². The van der Waals surface area contributed by atoms with E-state index in [1.54, 1.807) is 10.6 Å². The monoisotopic (exact) mass is 419 g/mol. The first-order chi connectivity index (χ1) is 14.0. The number of rotatable bonds is 8. The van der Waals surface area contributed by atoms with Crippen molar-refractivity contribution in [1.82, 2.24) is 14.5 Å². The molecule has 2 heterocycles. The van der Waals surface area contributed by atoms with Gasteiger partial charge < -0.3 is 9.47 Å². The highest BCUT2D eigenvalue weighted by Crippen LogP contribution is 2.21. The molecule has 1 aliphatic heterocycles. The Balaban J connectivity index is 1.78. The van der Waals surface area contributed by atoms with Gasteiger partial charge in [0.1, 0.15) is 0 Å². The number of methoxy groups -OCH3 is 1. The molecule has 3 rings (SSSR count). The minimum atomic E-state index is -0.346. The first-order valence-electron chi connectivity index (χ1n) is 10.0. The van der Waals surface area contributed by atoms with Gasteiger partial charge in [-0.05, 0) is 18.1 Å². The fourth-order valence-corrected chi connectivity index (χ4v) is 4.52.